The first kappa shape index (κ1) is 19.6. The zero-order valence-corrected chi connectivity index (χ0v) is 17.2. The van der Waals surface area contributed by atoms with E-state index in [1.54, 1.807) is 17.0 Å². The Kier molecular flexibility index (Phi) is 5.92. The summed E-state index contributed by atoms with van der Waals surface area (Å²) in [6.45, 7) is 1.07. The van der Waals surface area contributed by atoms with E-state index < -0.39 is 0 Å². The number of hydrogen-bond acceptors (Lipinski definition) is 4. The normalized spacial score (nSPS) is 16.4. The monoisotopic (exact) mass is 425 g/mol. The van der Waals surface area contributed by atoms with Crippen molar-refractivity contribution in [1.29, 1.82) is 0 Å². The summed E-state index contributed by atoms with van der Waals surface area (Å²) >= 11 is 7.28. The van der Waals surface area contributed by atoms with Crippen molar-refractivity contribution in [3.8, 4) is 11.1 Å². The fourth-order valence-electron chi connectivity index (χ4n) is 3.52. The van der Waals surface area contributed by atoms with Crippen LogP contribution in [0.2, 0.25) is 5.02 Å². The lowest BCUT2D eigenvalue weighted by atomic mass is 9.96. The van der Waals surface area contributed by atoms with E-state index in [4.69, 9.17) is 11.6 Å². The first-order valence-electron chi connectivity index (χ1n) is 9.46. The topological polar surface area (TPSA) is 62.3 Å². The van der Waals surface area contributed by atoms with Crippen LogP contribution in [-0.2, 0) is 4.79 Å². The Morgan fingerprint density at radius 1 is 1.14 bits per heavy atom. The van der Waals surface area contributed by atoms with E-state index in [0.29, 0.717) is 23.9 Å². The van der Waals surface area contributed by atoms with Gasteiger partial charge >= 0.3 is 0 Å². The van der Waals surface area contributed by atoms with Gasteiger partial charge in [-0.05, 0) is 42.0 Å². The average Bonchev–Trinajstić information content (AvgIpc) is 3.25. The van der Waals surface area contributed by atoms with Crippen LogP contribution in [0.15, 0.2) is 60.1 Å². The number of amides is 2. The van der Waals surface area contributed by atoms with Gasteiger partial charge in [-0.15, -0.1) is 11.3 Å². The van der Waals surface area contributed by atoms with E-state index in [1.807, 2.05) is 41.8 Å². The van der Waals surface area contributed by atoms with Crippen LogP contribution in [-0.4, -0.2) is 34.8 Å². The highest BCUT2D eigenvalue weighted by molar-refractivity contribution is 7.12. The van der Waals surface area contributed by atoms with Crippen molar-refractivity contribution in [2.45, 2.75) is 12.8 Å². The van der Waals surface area contributed by atoms with E-state index in [-0.39, 0.29) is 17.7 Å². The summed E-state index contributed by atoms with van der Waals surface area (Å²) in [5.74, 6) is 0.0746. The third kappa shape index (κ3) is 4.49. The minimum Gasteiger partial charge on any atom is -0.337 e. The standard InChI is InChI=1S/C22H20ClN3O2S/c23-17-8-9-19(24-13-17)25-21(27)16-7-4-11-26(14-16)22(28)20-18(10-12-29-20)15-5-2-1-3-6-15/h1-3,5-6,8-10,12-13,16H,4,7,11,14H2,(H,24,25,27). The van der Waals surface area contributed by atoms with Crippen LogP contribution in [0.3, 0.4) is 0 Å². The summed E-state index contributed by atoms with van der Waals surface area (Å²) in [6, 6.07) is 15.2. The Morgan fingerprint density at radius 2 is 1.97 bits per heavy atom. The van der Waals surface area contributed by atoms with Gasteiger partial charge in [-0.1, -0.05) is 41.9 Å². The summed E-state index contributed by atoms with van der Waals surface area (Å²) < 4.78 is 0. The van der Waals surface area contributed by atoms with Crippen LogP contribution in [0, 0.1) is 5.92 Å². The molecule has 0 spiro atoms. The number of hydrogen-bond donors (Lipinski definition) is 1. The number of nitrogens with one attached hydrogen (secondary N) is 1. The molecule has 3 heterocycles. The van der Waals surface area contributed by atoms with Gasteiger partial charge in [-0.2, -0.15) is 0 Å². The van der Waals surface area contributed by atoms with Crippen molar-refractivity contribution in [2.24, 2.45) is 5.92 Å². The van der Waals surface area contributed by atoms with Gasteiger partial charge in [0.15, 0.2) is 0 Å². The van der Waals surface area contributed by atoms with Crippen molar-refractivity contribution in [3.63, 3.8) is 0 Å². The molecule has 1 aromatic carbocycles. The van der Waals surface area contributed by atoms with Crippen molar-refractivity contribution < 1.29 is 9.59 Å². The minimum absolute atomic E-state index is 0.0130. The number of carbonyl (C=O) groups excluding carboxylic acids is 2. The molecule has 148 valence electrons. The lowest BCUT2D eigenvalue weighted by molar-refractivity contribution is -0.121. The molecule has 1 atom stereocenters. The third-order valence-electron chi connectivity index (χ3n) is 5.00. The molecule has 2 aromatic heterocycles. The van der Waals surface area contributed by atoms with Gasteiger partial charge in [-0.3, -0.25) is 9.59 Å². The SMILES string of the molecule is O=C(Nc1ccc(Cl)cn1)C1CCCN(C(=O)c2sccc2-c2ccccc2)C1. The highest BCUT2D eigenvalue weighted by Crippen LogP contribution is 2.30. The molecule has 29 heavy (non-hydrogen) atoms. The Balaban J connectivity index is 1.46. The van der Waals surface area contributed by atoms with Crippen LogP contribution in [0.1, 0.15) is 22.5 Å². The lowest BCUT2D eigenvalue weighted by Crippen LogP contribution is -2.43. The number of halogens is 1. The molecule has 0 aliphatic carbocycles. The number of rotatable bonds is 4. The summed E-state index contributed by atoms with van der Waals surface area (Å²) in [4.78, 5) is 32.5. The van der Waals surface area contributed by atoms with Crippen LogP contribution in [0.5, 0.6) is 0 Å². The Hall–Kier alpha value is -2.70. The Labute approximate surface area is 178 Å². The van der Waals surface area contributed by atoms with Gasteiger partial charge in [0.25, 0.3) is 5.91 Å². The summed E-state index contributed by atoms with van der Waals surface area (Å²) in [7, 11) is 0. The van der Waals surface area contributed by atoms with Crippen molar-refractivity contribution in [1.82, 2.24) is 9.88 Å². The van der Waals surface area contributed by atoms with Gasteiger partial charge in [0, 0.05) is 24.8 Å². The molecular formula is C22H20ClN3O2S. The van der Waals surface area contributed by atoms with Gasteiger partial charge in [0.2, 0.25) is 5.91 Å². The fraction of sp³-hybridized carbons (Fsp3) is 0.227. The second kappa shape index (κ2) is 8.76. The Morgan fingerprint density at radius 3 is 2.72 bits per heavy atom. The molecule has 1 saturated heterocycles. The number of likely N-dealkylation sites (tertiary alicyclic amines) is 1. The first-order valence-corrected chi connectivity index (χ1v) is 10.7. The van der Waals surface area contributed by atoms with Crippen molar-refractivity contribution in [2.75, 3.05) is 18.4 Å². The maximum absolute atomic E-state index is 13.2. The number of anilines is 1. The Bertz CT molecular complexity index is 1000. The lowest BCUT2D eigenvalue weighted by Gasteiger charge is -2.32. The molecule has 4 rings (SSSR count). The zero-order valence-electron chi connectivity index (χ0n) is 15.7. The van der Waals surface area contributed by atoms with Crippen molar-refractivity contribution in [3.05, 3.63) is 70.0 Å². The van der Waals surface area contributed by atoms with Crippen LogP contribution >= 0.6 is 22.9 Å². The van der Waals surface area contributed by atoms with Gasteiger partial charge < -0.3 is 10.2 Å². The summed E-state index contributed by atoms with van der Waals surface area (Å²) in [5.41, 5.74) is 1.97. The number of carbonyl (C=O) groups is 2. The molecular weight excluding hydrogens is 406 g/mol. The quantitative estimate of drug-likeness (QED) is 0.643. The smallest absolute Gasteiger partial charge is 0.264 e. The van der Waals surface area contributed by atoms with E-state index in [0.717, 1.165) is 28.8 Å². The highest BCUT2D eigenvalue weighted by Gasteiger charge is 2.30. The molecule has 5 nitrogen and oxygen atoms in total. The molecule has 1 unspecified atom stereocenters. The first-order chi connectivity index (χ1) is 14.1. The predicted octanol–water partition coefficient (Wildman–Crippen LogP) is 4.95. The summed E-state index contributed by atoms with van der Waals surface area (Å²) in [6.07, 6.45) is 3.04. The fourth-order valence-corrected chi connectivity index (χ4v) is 4.51. The maximum Gasteiger partial charge on any atom is 0.264 e. The summed E-state index contributed by atoms with van der Waals surface area (Å²) in [5, 5.41) is 5.28. The molecule has 7 heteroatoms. The average molecular weight is 426 g/mol. The van der Waals surface area contributed by atoms with Crippen LogP contribution < -0.4 is 5.32 Å². The van der Waals surface area contributed by atoms with Gasteiger partial charge in [0.1, 0.15) is 5.82 Å². The highest BCUT2D eigenvalue weighted by atomic mass is 35.5. The molecule has 3 aromatic rings. The van der Waals surface area contributed by atoms with Crippen molar-refractivity contribution >= 4 is 40.6 Å². The molecule has 0 saturated carbocycles. The molecule has 1 aliphatic rings. The number of aromatic nitrogens is 1. The van der Waals surface area contributed by atoms with Gasteiger partial charge in [-0.25, -0.2) is 4.98 Å². The largest absolute Gasteiger partial charge is 0.337 e. The van der Waals surface area contributed by atoms with Crippen LogP contribution in [0.25, 0.3) is 11.1 Å². The molecule has 2 amide bonds. The number of pyridine rings is 1. The van der Waals surface area contributed by atoms with Crippen LogP contribution in [0.4, 0.5) is 5.82 Å². The number of nitrogens with zero attached hydrogens (tertiary/aromatic N) is 2. The van der Waals surface area contributed by atoms with E-state index in [1.165, 1.54) is 17.5 Å². The molecule has 1 fully saturated rings. The van der Waals surface area contributed by atoms with E-state index in [2.05, 4.69) is 10.3 Å². The molecule has 1 aliphatic heterocycles. The minimum atomic E-state index is -0.259. The molecule has 0 radical (unpaired) electrons. The molecule has 0 bridgehead atoms. The second-order valence-corrected chi connectivity index (χ2v) is 8.32. The maximum atomic E-state index is 13.2. The number of thiophene rings is 1. The third-order valence-corrected chi connectivity index (χ3v) is 6.13. The zero-order chi connectivity index (χ0) is 20.2. The van der Waals surface area contributed by atoms with E-state index in [9.17, 15) is 9.59 Å². The second-order valence-electron chi connectivity index (χ2n) is 6.97. The predicted molar refractivity (Wildman–Crippen MR) is 116 cm³/mol. The van der Waals surface area contributed by atoms with Gasteiger partial charge in [0.05, 0.1) is 15.8 Å². The number of piperidine rings is 1. The molecule has 1 N–H and O–H groups in total. The number of benzene rings is 1. The van der Waals surface area contributed by atoms with E-state index >= 15 is 0 Å².